The first-order valence-electron chi connectivity index (χ1n) is 5.39. The molecule has 0 fully saturated rings. The lowest BCUT2D eigenvalue weighted by Crippen LogP contribution is -1.86. The molecule has 1 aromatic rings. The second-order valence-corrected chi connectivity index (χ2v) is 3.43. The summed E-state index contributed by atoms with van der Waals surface area (Å²) in [7, 11) is 1.56. The summed E-state index contributed by atoms with van der Waals surface area (Å²) in [4.78, 5) is 0. The van der Waals surface area contributed by atoms with Gasteiger partial charge in [-0.3, -0.25) is 0 Å². The van der Waals surface area contributed by atoms with Crippen LogP contribution in [0, 0.1) is 24.6 Å². The Hall–Kier alpha value is -1.33. The highest BCUT2D eigenvalue weighted by Gasteiger charge is 1.97. The van der Waals surface area contributed by atoms with Crippen molar-refractivity contribution in [3.05, 3.63) is 35.1 Å². The van der Waals surface area contributed by atoms with Crippen molar-refractivity contribution >= 4 is 0 Å². The maximum Gasteiger partial charge on any atom is 0.139 e. The van der Waals surface area contributed by atoms with E-state index in [9.17, 15) is 4.39 Å². The van der Waals surface area contributed by atoms with Gasteiger partial charge in [0.25, 0.3) is 0 Å². The highest BCUT2D eigenvalue weighted by atomic mass is 19.1. The summed E-state index contributed by atoms with van der Waals surface area (Å²) >= 11 is 0. The van der Waals surface area contributed by atoms with E-state index in [1.165, 1.54) is 12.5 Å². The molecule has 16 heavy (non-hydrogen) atoms. The van der Waals surface area contributed by atoms with Crippen LogP contribution < -0.4 is 0 Å². The number of hydrogen-bond donors (Lipinski definition) is 0. The summed E-state index contributed by atoms with van der Waals surface area (Å²) < 4.78 is 17.9. The molecule has 2 heteroatoms. The number of aryl methyl sites for hydroxylation is 1. The molecule has 0 aliphatic carbocycles. The van der Waals surface area contributed by atoms with Crippen LogP contribution in [0.1, 0.15) is 31.4 Å². The normalized spacial score (nSPS) is 8.56. The van der Waals surface area contributed by atoms with E-state index in [0.29, 0.717) is 12.2 Å². The van der Waals surface area contributed by atoms with Gasteiger partial charge in [0.15, 0.2) is 0 Å². The summed E-state index contributed by atoms with van der Waals surface area (Å²) in [5.74, 6) is 5.12. The molecular formula is C14H19FO. The maximum absolute atomic E-state index is 13.1. The van der Waals surface area contributed by atoms with Gasteiger partial charge < -0.3 is 4.74 Å². The van der Waals surface area contributed by atoms with Crippen LogP contribution in [0.5, 0.6) is 0 Å². The van der Waals surface area contributed by atoms with Crippen LogP contribution in [0.25, 0.3) is 0 Å². The SMILES string of the molecule is CCC.COCC#Cc1ccc(C)cc1F. The van der Waals surface area contributed by atoms with E-state index in [2.05, 4.69) is 25.7 Å². The maximum atomic E-state index is 13.1. The molecule has 1 rings (SSSR count). The molecule has 0 radical (unpaired) electrons. The predicted molar refractivity (Wildman–Crippen MR) is 65.9 cm³/mol. The summed E-state index contributed by atoms with van der Waals surface area (Å²) in [5.41, 5.74) is 1.32. The minimum absolute atomic E-state index is 0.274. The van der Waals surface area contributed by atoms with Crippen molar-refractivity contribution in [2.75, 3.05) is 13.7 Å². The van der Waals surface area contributed by atoms with Crippen LogP contribution in [0.3, 0.4) is 0 Å². The van der Waals surface area contributed by atoms with Gasteiger partial charge in [-0.05, 0) is 24.6 Å². The van der Waals surface area contributed by atoms with E-state index in [-0.39, 0.29) is 5.82 Å². The fraction of sp³-hybridized carbons (Fsp3) is 0.429. The standard InChI is InChI=1S/C11H11FO.C3H8/c1-9-5-6-10(11(12)8-9)4-3-7-13-2;1-3-2/h5-6,8H,7H2,1-2H3;3H2,1-2H3. The summed E-state index contributed by atoms with van der Waals surface area (Å²) in [6.07, 6.45) is 1.25. The fourth-order valence-corrected chi connectivity index (χ4v) is 0.925. The lowest BCUT2D eigenvalue weighted by molar-refractivity contribution is 0.240. The van der Waals surface area contributed by atoms with Gasteiger partial charge in [-0.1, -0.05) is 38.2 Å². The molecule has 0 bridgehead atoms. The number of ether oxygens (including phenoxy) is 1. The fourth-order valence-electron chi connectivity index (χ4n) is 0.925. The molecule has 0 spiro atoms. The van der Waals surface area contributed by atoms with Crippen LogP contribution in [0.2, 0.25) is 0 Å². The average molecular weight is 222 g/mol. The van der Waals surface area contributed by atoms with E-state index in [0.717, 1.165) is 5.56 Å². The predicted octanol–water partition coefficient (Wildman–Crippen LogP) is 3.55. The first-order chi connectivity index (χ1) is 7.65. The van der Waals surface area contributed by atoms with Crippen molar-refractivity contribution in [1.29, 1.82) is 0 Å². The monoisotopic (exact) mass is 222 g/mol. The molecule has 0 aliphatic heterocycles. The highest BCUT2D eigenvalue weighted by molar-refractivity contribution is 5.37. The summed E-state index contributed by atoms with van der Waals surface area (Å²) in [5, 5.41) is 0. The lowest BCUT2D eigenvalue weighted by Gasteiger charge is -1.95. The number of benzene rings is 1. The molecule has 0 heterocycles. The van der Waals surface area contributed by atoms with E-state index in [4.69, 9.17) is 4.74 Å². The topological polar surface area (TPSA) is 9.23 Å². The van der Waals surface area contributed by atoms with Crippen LogP contribution in [-0.4, -0.2) is 13.7 Å². The largest absolute Gasteiger partial charge is 0.372 e. The van der Waals surface area contributed by atoms with Gasteiger partial charge in [0, 0.05) is 7.11 Å². The van der Waals surface area contributed by atoms with Gasteiger partial charge in [0.05, 0.1) is 5.56 Å². The minimum atomic E-state index is -0.274. The van der Waals surface area contributed by atoms with Crippen molar-refractivity contribution in [2.24, 2.45) is 0 Å². The van der Waals surface area contributed by atoms with Gasteiger partial charge in [0.1, 0.15) is 12.4 Å². The van der Waals surface area contributed by atoms with Crippen molar-refractivity contribution in [3.63, 3.8) is 0 Å². The lowest BCUT2D eigenvalue weighted by atomic mass is 10.1. The average Bonchev–Trinajstić information content (AvgIpc) is 2.23. The third-order valence-electron chi connectivity index (χ3n) is 1.56. The molecular weight excluding hydrogens is 203 g/mol. The molecule has 0 unspecified atom stereocenters. The smallest absolute Gasteiger partial charge is 0.139 e. The Balaban J connectivity index is 0.000000673. The van der Waals surface area contributed by atoms with E-state index >= 15 is 0 Å². The Morgan fingerprint density at radius 2 is 1.94 bits per heavy atom. The van der Waals surface area contributed by atoms with Gasteiger partial charge in [-0.2, -0.15) is 0 Å². The van der Waals surface area contributed by atoms with Crippen molar-refractivity contribution < 1.29 is 9.13 Å². The van der Waals surface area contributed by atoms with Crippen LogP contribution >= 0.6 is 0 Å². The second-order valence-electron chi connectivity index (χ2n) is 3.43. The molecule has 0 saturated carbocycles. The van der Waals surface area contributed by atoms with Crippen LogP contribution in [-0.2, 0) is 4.74 Å². The minimum Gasteiger partial charge on any atom is -0.372 e. The van der Waals surface area contributed by atoms with Crippen molar-refractivity contribution in [2.45, 2.75) is 27.2 Å². The molecule has 0 aliphatic rings. The zero-order chi connectivity index (χ0) is 12.4. The third-order valence-corrected chi connectivity index (χ3v) is 1.56. The Kier molecular flexibility index (Phi) is 8.19. The van der Waals surface area contributed by atoms with Crippen molar-refractivity contribution in [3.8, 4) is 11.8 Å². The Morgan fingerprint density at radius 3 is 2.44 bits per heavy atom. The van der Waals surface area contributed by atoms with Gasteiger partial charge in [-0.15, -0.1) is 0 Å². The van der Waals surface area contributed by atoms with Crippen LogP contribution in [0.4, 0.5) is 4.39 Å². The number of halogens is 1. The first kappa shape index (κ1) is 14.7. The van der Waals surface area contributed by atoms with E-state index in [1.54, 1.807) is 13.2 Å². The zero-order valence-electron chi connectivity index (χ0n) is 10.4. The Bertz CT molecular complexity index is 361. The molecule has 0 atom stereocenters. The Morgan fingerprint density at radius 1 is 1.31 bits per heavy atom. The molecule has 0 aromatic heterocycles. The number of rotatable bonds is 1. The molecule has 0 amide bonds. The number of methoxy groups -OCH3 is 1. The highest BCUT2D eigenvalue weighted by Crippen LogP contribution is 2.07. The zero-order valence-corrected chi connectivity index (χ0v) is 10.4. The van der Waals surface area contributed by atoms with E-state index in [1.807, 2.05) is 13.0 Å². The molecule has 1 nitrogen and oxygen atoms in total. The quantitative estimate of drug-likeness (QED) is 0.660. The summed E-state index contributed by atoms with van der Waals surface area (Å²) in [6.45, 7) is 6.42. The molecule has 0 saturated heterocycles. The van der Waals surface area contributed by atoms with Gasteiger partial charge in [-0.25, -0.2) is 4.39 Å². The molecule has 1 aromatic carbocycles. The van der Waals surface area contributed by atoms with Crippen molar-refractivity contribution in [1.82, 2.24) is 0 Å². The first-order valence-corrected chi connectivity index (χ1v) is 5.39. The summed E-state index contributed by atoms with van der Waals surface area (Å²) in [6, 6.07) is 4.98. The van der Waals surface area contributed by atoms with Gasteiger partial charge in [0.2, 0.25) is 0 Å². The second kappa shape index (κ2) is 8.94. The van der Waals surface area contributed by atoms with Crippen LogP contribution in [0.15, 0.2) is 18.2 Å². The Labute approximate surface area is 97.6 Å². The molecule has 88 valence electrons. The van der Waals surface area contributed by atoms with Gasteiger partial charge >= 0.3 is 0 Å². The number of hydrogen-bond acceptors (Lipinski definition) is 1. The molecule has 0 N–H and O–H groups in total. The van der Waals surface area contributed by atoms with E-state index < -0.39 is 0 Å². The third kappa shape index (κ3) is 6.21.